The SMILES string of the molecule is CCS(=O)CCNC(=O)[C@@H](N)Cc1ccc(O)c(O)c1. The van der Waals surface area contributed by atoms with E-state index < -0.39 is 16.8 Å². The second-order valence-electron chi connectivity index (χ2n) is 4.36. The van der Waals surface area contributed by atoms with Gasteiger partial charge in [0.1, 0.15) is 0 Å². The summed E-state index contributed by atoms with van der Waals surface area (Å²) >= 11 is 0. The van der Waals surface area contributed by atoms with E-state index >= 15 is 0 Å². The lowest BCUT2D eigenvalue weighted by molar-refractivity contribution is -0.122. The Bertz CT molecular complexity index is 493. The highest BCUT2D eigenvalue weighted by atomic mass is 32.2. The molecule has 0 aliphatic carbocycles. The van der Waals surface area contributed by atoms with Gasteiger partial charge in [-0.05, 0) is 24.1 Å². The third-order valence-electron chi connectivity index (χ3n) is 2.78. The Balaban J connectivity index is 2.45. The van der Waals surface area contributed by atoms with Crippen LogP contribution >= 0.6 is 0 Å². The lowest BCUT2D eigenvalue weighted by atomic mass is 10.1. The number of nitrogens with one attached hydrogen (secondary N) is 1. The molecule has 0 aromatic heterocycles. The topological polar surface area (TPSA) is 113 Å². The van der Waals surface area contributed by atoms with Crippen molar-refractivity contribution in [1.29, 1.82) is 0 Å². The fraction of sp³-hybridized carbons (Fsp3) is 0.462. The smallest absolute Gasteiger partial charge is 0.237 e. The predicted molar refractivity (Wildman–Crippen MR) is 78.0 cm³/mol. The zero-order valence-electron chi connectivity index (χ0n) is 11.3. The number of hydrogen-bond donors (Lipinski definition) is 4. The fourth-order valence-corrected chi connectivity index (χ4v) is 2.22. The summed E-state index contributed by atoms with van der Waals surface area (Å²) in [5.41, 5.74) is 6.41. The molecule has 1 unspecified atom stereocenters. The summed E-state index contributed by atoms with van der Waals surface area (Å²) < 4.78 is 11.2. The molecule has 7 heteroatoms. The molecule has 0 aliphatic heterocycles. The van der Waals surface area contributed by atoms with Crippen molar-refractivity contribution < 1.29 is 19.2 Å². The van der Waals surface area contributed by atoms with Gasteiger partial charge in [-0.25, -0.2) is 0 Å². The van der Waals surface area contributed by atoms with Crippen molar-refractivity contribution in [2.24, 2.45) is 5.73 Å². The van der Waals surface area contributed by atoms with Crippen molar-refractivity contribution >= 4 is 16.7 Å². The molecule has 1 aromatic rings. The van der Waals surface area contributed by atoms with Crippen LogP contribution in [-0.4, -0.2) is 44.4 Å². The molecule has 0 saturated carbocycles. The molecule has 0 bridgehead atoms. The number of rotatable bonds is 7. The Morgan fingerprint density at radius 2 is 2.10 bits per heavy atom. The van der Waals surface area contributed by atoms with Gasteiger partial charge in [-0.15, -0.1) is 0 Å². The van der Waals surface area contributed by atoms with E-state index in [-0.39, 0.29) is 23.8 Å². The first kappa shape index (κ1) is 16.5. The largest absolute Gasteiger partial charge is 0.504 e. The molecule has 1 amide bonds. The Hall–Kier alpha value is -1.60. The van der Waals surface area contributed by atoms with Crippen molar-refractivity contribution in [2.45, 2.75) is 19.4 Å². The molecule has 112 valence electrons. The normalized spacial score (nSPS) is 13.7. The molecule has 0 saturated heterocycles. The van der Waals surface area contributed by atoms with Crippen LogP contribution in [-0.2, 0) is 22.0 Å². The number of amides is 1. The van der Waals surface area contributed by atoms with Gasteiger partial charge in [0, 0.05) is 28.9 Å². The third-order valence-corrected chi connectivity index (χ3v) is 4.09. The Labute approximate surface area is 120 Å². The van der Waals surface area contributed by atoms with Gasteiger partial charge in [0.05, 0.1) is 6.04 Å². The summed E-state index contributed by atoms with van der Waals surface area (Å²) in [5.74, 6) is 0.192. The lowest BCUT2D eigenvalue weighted by Crippen LogP contribution is -2.43. The molecule has 20 heavy (non-hydrogen) atoms. The number of phenols is 2. The molecule has 5 N–H and O–H groups in total. The third kappa shape index (κ3) is 5.18. The first-order valence-corrected chi connectivity index (χ1v) is 7.82. The molecule has 1 rings (SSSR count). The van der Waals surface area contributed by atoms with Gasteiger partial charge in [-0.2, -0.15) is 0 Å². The molecule has 0 fully saturated rings. The van der Waals surface area contributed by atoms with Crippen molar-refractivity contribution in [3.63, 3.8) is 0 Å². The highest BCUT2D eigenvalue weighted by Gasteiger charge is 2.14. The van der Waals surface area contributed by atoms with Gasteiger partial charge in [0.15, 0.2) is 11.5 Å². The summed E-state index contributed by atoms with van der Waals surface area (Å²) in [6.45, 7) is 2.15. The van der Waals surface area contributed by atoms with Crippen LogP contribution in [0.3, 0.4) is 0 Å². The Morgan fingerprint density at radius 3 is 2.70 bits per heavy atom. The van der Waals surface area contributed by atoms with Crippen LogP contribution in [0.15, 0.2) is 18.2 Å². The molecule has 0 spiro atoms. The number of carbonyl (C=O) groups excluding carboxylic acids is 1. The zero-order valence-corrected chi connectivity index (χ0v) is 12.2. The van der Waals surface area contributed by atoms with E-state index in [4.69, 9.17) is 5.73 Å². The molecule has 6 nitrogen and oxygen atoms in total. The lowest BCUT2D eigenvalue weighted by Gasteiger charge is -2.12. The van der Waals surface area contributed by atoms with Gasteiger partial charge in [-0.1, -0.05) is 13.0 Å². The average Bonchev–Trinajstić information content (AvgIpc) is 2.42. The first-order valence-electron chi connectivity index (χ1n) is 6.33. The molecule has 2 atom stereocenters. The van der Waals surface area contributed by atoms with Crippen LogP contribution < -0.4 is 11.1 Å². The highest BCUT2D eigenvalue weighted by Crippen LogP contribution is 2.25. The van der Waals surface area contributed by atoms with Crippen LogP contribution in [0.1, 0.15) is 12.5 Å². The van der Waals surface area contributed by atoms with Gasteiger partial charge in [0.2, 0.25) is 5.91 Å². The highest BCUT2D eigenvalue weighted by molar-refractivity contribution is 7.84. The minimum Gasteiger partial charge on any atom is -0.504 e. The van der Waals surface area contributed by atoms with Gasteiger partial charge < -0.3 is 21.3 Å². The number of benzene rings is 1. The van der Waals surface area contributed by atoms with Crippen LogP contribution in [0.2, 0.25) is 0 Å². The predicted octanol–water partition coefficient (Wildman–Crippen LogP) is -0.148. The van der Waals surface area contributed by atoms with E-state index in [2.05, 4.69) is 5.32 Å². The molecule has 0 radical (unpaired) electrons. The molecule has 0 aliphatic rings. The summed E-state index contributed by atoms with van der Waals surface area (Å²) in [4.78, 5) is 11.7. The average molecular weight is 300 g/mol. The Kier molecular flexibility index (Phi) is 6.47. The zero-order chi connectivity index (χ0) is 15.1. The van der Waals surface area contributed by atoms with E-state index in [1.54, 1.807) is 6.07 Å². The maximum Gasteiger partial charge on any atom is 0.237 e. The van der Waals surface area contributed by atoms with Crippen molar-refractivity contribution in [3.05, 3.63) is 23.8 Å². The van der Waals surface area contributed by atoms with Gasteiger partial charge in [-0.3, -0.25) is 9.00 Å². The number of aromatic hydroxyl groups is 2. The molecule has 1 aromatic carbocycles. The van der Waals surface area contributed by atoms with Crippen LogP contribution in [0.4, 0.5) is 0 Å². The van der Waals surface area contributed by atoms with Crippen LogP contribution in [0.5, 0.6) is 11.5 Å². The summed E-state index contributed by atoms with van der Waals surface area (Å²) in [5, 5.41) is 21.2. The molecular weight excluding hydrogens is 280 g/mol. The second-order valence-corrected chi connectivity index (χ2v) is 6.22. The first-order chi connectivity index (χ1) is 9.43. The van der Waals surface area contributed by atoms with Crippen LogP contribution in [0.25, 0.3) is 0 Å². The maximum atomic E-state index is 11.7. The van der Waals surface area contributed by atoms with E-state index in [1.165, 1.54) is 12.1 Å². The summed E-state index contributed by atoms with van der Waals surface area (Å²) in [6, 6.07) is 3.55. The monoisotopic (exact) mass is 300 g/mol. The fourth-order valence-electron chi connectivity index (χ4n) is 1.61. The quantitative estimate of drug-likeness (QED) is 0.523. The van der Waals surface area contributed by atoms with Crippen molar-refractivity contribution in [2.75, 3.05) is 18.1 Å². The standard InChI is InChI=1S/C13H20N2O4S/c1-2-20(19)6-5-15-13(18)10(14)7-9-3-4-11(16)12(17)8-9/h3-4,8,10,16-17H,2,5-7,14H2,1H3,(H,15,18)/t10-,20?/m0/s1. The summed E-state index contributed by atoms with van der Waals surface area (Å²) in [7, 11) is -0.917. The van der Waals surface area contributed by atoms with E-state index in [0.717, 1.165) is 0 Å². The van der Waals surface area contributed by atoms with Crippen molar-refractivity contribution in [3.8, 4) is 11.5 Å². The number of phenolic OH excluding ortho intramolecular Hbond substituents is 2. The minimum atomic E-state index is -0.917. The maximum absolute atomic E-state index is 11.7. The Morgan fingerprint density at radius 1 is 1.40 bits per heavy atom. The van der Waals surface area contributed by atoms with Crippen LogP contribution in [0, 0.1) is 0 Å². The second kappa shape index (κ2) is 7.86. The van der Waals surface area contributed by atoms with E-state index in [9.17, 15) is 19.2 Å². The number of hydrogen-bond acceptors (Lipinski definition) is 5. The minimum absolute atomic E-state index is 0.214. The molecule has 0 heterocycles. The van der Waals surface area contributed by atoms with Gasteiger partial charge in [0.25, 0.3) is 0 Å². The number of carbonyl (C=O) groups is 1. The number of nitrogens with two attached hydrogens (primary N) is 1. The summed E-state index contributed by atoms with van der Waals surface area (Å²) in [6.07, 6.45) is 0.247. The van der Waals surface area contributed by atoms with Gasteiger partial charge >= 0.3 is 0 Å². The van der Waals surface area contributed by atoms with E-state index in [0.29, 0.717) is 23.6 Å². The van der Waals surface area contributed by atoms with Crippen molar-refractivity contribution in [1.82, 2.24) is 5.32 Å². The molecular formula is C13H20N2O4S. The van der Waals surface area contributed by atoms with E-state index in [1.807, 2.05) is 6.92 Å².